The molecule has 0 unspecified atom stereocenters. The first-order valence-corrected chi connectivity index (χ1v) is 8.05. The number of rotatable bonds is 8. The summed E-state index contributed by atoms with van der Waals surface area (Å²) in [6, 6.07) is 2.06. The fourth-order valence-electron chi connectivity index (χ4n) is 2.70. The third-order valence-corrected chi connectivity index (χ3v) is 3.80. The lowest BCUT2D eigenvalue weighted by atomic mass is 10.00. The Bertz CT molecular complexity index is 400. The summed E-state index contributed by atoms with van der Waals surface area (Å²) in [4.78, 5) is 2.32. The predicted octanol–water partition coefficient (Wildman–Crippen LogP) is 2.28. The van der Waals surface area contributed by atoms with E-state index in [1.807, 2.05) is 0 Å². The molecule has 2 rings (SSSR count). The lowest BCUT2D eigenvalue weighted by Gasteiger charge is -2.26. The monoisotopic (exact) mass is 295 g/mol. The number of nitrogens with zero attached hydrogens (tertiary/aromatic N) is 2. The van der Waals surface area contributed by atoms with E-state index in [-0.39, 0.29) is 0 Å². The summed E-state index contributed by atoms with van der Waals surface area (Å²) >= 11 is 0. The predicted molar refractivity (Wildman–Crippen MR) is 82.9 cm³/mol. The SMILES string of the molecule is CC(C)CNCc1cc(CN(C)CC2CCOCC2)on1. The second kappa shape index (κ2) is 8.51. The van der Waals surface area contributed by atoms with Gasteiger partial charge < -0.3 is 14.6 Å². The molecule has 120 valence electrons. The van der Waals surface area contributed by atoms with Crippen LogP contribution in [0.1, 0.15) is 38.1 Å². The maximum atomic E-state index is 5.43. The van der Waals surface area contributed by atoms with Crippen molar-refractivity contribution in [3.05, 3.63) is 17.5 Å². The summed E-state index contributed by atoms with van der Waals surface area (Å²) in [7, 11) is 2.15. The van der Waals surface area contributed by atoms with Crippen molar-refractivity contribution in [2.75, 3.05) is 33.4 Å². The van der Waals surface area contributed by atoms with Crippen molar-refractivity contribution in [2.45, 2.75) is 39.8 Å². The molecule has 1 aromatic heterocycles. The van der Waals surface area contributed by atoms with Gasteiger partial charge in [0.05, 0.1) is 12.2 Å². The van der Waals surface area contributed by atoms with Gasteiger partial charge in [0, 0.05) is 32.4 Å². The molecule has 1 aliphatic heterocycles. The molecule has 21 heavy (non-hydrogen) atoms. The first kappa shape index (κ1) is 16.5. The van der Waals surface area contributed by atoms with E-state index in [9.17, 15) is 0 Å². The number of aromatic nitrogens is 1. The Hall–Kier alpha value is -0.910. The molecule has 1 N–H and O–H groups in total. The second-order valence-corrected chi connectivity index (χ2v) is 6.56. The average Bonchev–Trinajstić information content (AvgIpc) is 2.86. The van der Waals surface area contributed by atoms with Crippen LogP contribution in [0.3, 0.4) is 0 Å². The van der Waals surface area contributed by atoms with Crippen LogP contribution in [-0.4, -0.2) is 43.4 Å². The highest BCUT2D eigenvalue weighted by atomic mass is 16.5. The summed E-state index contributed by atoms with van der Waals surface area (Å²) in [6.07, 6.45) is 2.34. The van der Waals surface area contributed by atoms with Crippen LogP contribution in [-0.2, 0) is 17.8 Å². The summed E-state index contributed by atoms with van der Waals surface area (Å²) < 4.78 is 10.8. The van der Waals surface area contributed by atoms with Gasteiger partial charge in [-0.05, 0) is 38.3 Å². The van der Waals surface area contributed by atoms with Crippen molar-refractivity contribution in [3.63, 3.8) is 0 Å². The molecule has 5 heteroatoms. The van der Waals surface area contributed by atoms with Gasteiger partial charge in [0.15, 0.2) is 5.76 Å². The van der Waals surface area contributed by atoms with Crippen LogP contribution in [0, 0.1) is 11.8 Å². The fraction of sp³-hybridized carbons (Fsp3) is 0.812. The Balaban J connectivity index is 1.70. The van der Waals surface area contributed by atoms with Gasteiger partial charge in [-0.25, -0.2) is 0 Å². The maximum absolute atomic E-state index is 5.43. The van der Waals surface area contributed by atoms with Crippen molar-refractivity contribution >= 4 is 0 Å². The van der Waals surface area contributed by atoms with Crippen molar-refractivity contribution in [1.29, 1.82) is 0 Å². The van der Waals surface area contributed by atoms with Gasteiger partial charge in [-0.3, -0.25) is 4.90 Å². The minimum Gasteiger partial charge on any atom is -0.381 e. The van der Waals surface area contributed by atoms with Crippen molar-refractivity contribution in [1.82, 2.24) is 15.4 Å². The minimum absolute atomic E-state index is 0.655. The summed E-state index contributed by atoms with van der Waals surface area (Å²) in [5, 5.41) is 7.51. The molecule has 1 aromatic rings. The molecule has 0 spiro atoms. The third kappa shape index (κ3) is 6.16. The van der Waals surface area contributed by atoms with Crippen molar-refractivity contribution in [2.24, 2.45) is 11.8 Å². The first-order chi connectivity index (χ1) is 10.1. The molecule has 0 aromatic carbocycles. The molecule has 1 saturated heterocycles. The standard InChI is InChI=1S/C16H29N3O2/c1-13(2)9-17-10-15-8-16(21-18-15)12-19(3)11-14-4-6-20-7-5-14/h8,13-14,17H,4-7,9-12H2,1-3H3. The van der Waals surface area contributed by atoms with Gasteiger partial charge in [-0.1, -0.05) is 19.0 Å². The van der Waals surface area contributed by atoms with Crippen molar-refractivity contribution < 1.29 is 9.26 Å². The van der Waals surface area contributed by atoms with E-state index in [2.05, 4.69) is 42.3 Å². The van der Waals surface area contributed by atoms with Crippen molar-refractivity contribution in [3.8, 4) is 0 Å². The van der Waals surface area contributed by atoms with Crippen LogP contribution < -0.4 is 5.32 Å². The molecular formula is C16H29N3O2. The average molecular weight is 295 g/mol. The zero-order chi connectivity index (χ0) is 15.1. The molecule has 1 aliphatic rings. The highest BCUT2D eigenvalue weighted by Gasteiger charge is 2.16. The normalized spacial score (nSPS) is 17.0. The maximum Gasteiger partial charge on any atom is 0.151 e. The highest BCUT2D eigenvalue weighted by molar-refractivity contribution is 5.05. The zero-order valence-corrected chi connectivity index (χ0v) is 13.6. The van der Waals surface area contributed by atoms with E-state index in [1.54, 1.807) is 0 Å². The summed E-state index contributed by atoms with van der Waals surface area (Å²) in [5.74, 6) is 2.35. The van der Waals surface area contributed by atoms with E-state index >= 15 is 0 Å². The molecule has 0 amide bonds. The number of ether oxygens (including phenoxy) is 1. The Morgan fingerprint density at radius 2 is 2.14 bits per heavy atom. The molecule has 2 heterocycles. The summed E-state index contributed by atoms with van der Waals surface area (Å²) in [6.45, 7) is 9.94. The third-order valence-electron chi connectivity index (χ3n) is 3.80. The van der Waals surface area contributed by atoms with E-state index in [4.69, 9.17) is 9.26 Å². The minimum atomic E-state index is 0.655. The van der Waals surface area contributed by atoms with E-state index in [0.717, 1.165) is 56.8 Å². The Labute approximate surface area is 128 Å². The molecular weight excluding hydrogens is 266 g/mol. The zero-order valence-electron chi connectivity index (χ0n) is 13.6. The van der Waals surface area contributed by atoms with E-state index in [1.165, 1.54) is 12.8 Å². The van der Waals surface area contributed by atoms with E-state index < -0.39 is 0 Å². The molecule has 1 fully saturated rings. The summed E-state index contributed by atoms with van der Waals surface area (Å²) in [5.41, 5.74) is 0.991. The second-order valence-electron chi connectivity index (χ2n) is 6.56. The van der Waals surface area contributed by atoms with Crippen LogP contribution in [0.25, 0.3) is 0 Å². The lowest BCUT2D eigenvalue weighted by Crippen LogP contribution is -2.29. The lowest BCUT2D eigenvalue weighted by molar-refractivity contribution is 0.0540. The highest BCUT2D eigenvalue weighted by Crippen LogP contribution is 2.16. The number of hydrogen-bond donors (Lipinski definition) is 1. The number of nitrogens with one attached hydrogen (secondary N) is 1. The molecule has 5 nitrogen and oxygen atoms in total. The van der Waals surface area contributed by atoms with Crippen LogP contribution in [0.15, 0.2) is 10.6 Å². The quantitative estimate of drug-likeness (QED) is 0.797. The van der Waals surface area contributed by atoms with Crippen LogP contribution >= 0.6 is 0 Å². The molecule has 0 bridgehead atoms. The Morgan fingerprint density at radius 3 is 2.86 bits per heavy atom. The van der Waals surface area contributed by atoms with Gasteiger partial charge in [0.2, 0.25) is 0 Å². The fourth-order valence-corrected chi connectivity index (χ4v) is 2.70. The topological polar surface area (TPSA) is 50.5 Å². The van der Waals surface area contributed by atoms with Gasteiger partial charge in [0.1, 0.15) is 0 Å². The van der Waals surface area contributed by atoms with Gasteiger partial charge in [0.25, 0.3) is 0 Å². The smallest absolute Gasteiger partial charge is 0.151 e. The molecule has 0 saturated carbocycles. The molecule has 0 atom stereocenters. The van der Waals surface area contributed by atoms with Crippen LogP contribution in [0.5, 0.6) is 0 Å². The van der Waals surface area contributed by atoms with Gasteiger partial charge in [-0.2, -0.15) is 0 Å². The molecule has 0 aliphatic carbocycles. The number of hydrogen-bond acceptors (Lipinski definition) is 5. The van der Waals surface area contributed by atoms with Crippen LogP contribution in [0.2, 0.25) is 0 Å². The largest absolute Gasteiger partial charge is 0.381 e. The molecule has 0 radical (unpaired) electrons. The van der Waals surface area contributed by atoms with E-state index in [0.29, 0.717) is 5.92 Å². The van der Waals surface area contributed by atoms with Gasteiger partial charge in [-0.15, -0.1) is 0 Å². The Morgan fingerprint density at radius 1 is 1.38 bits per heavy atom. The first-order valence-electron chi connectivity index (χ1n) is 8.05. The van der Waals surface area contributed by atoms with Crippen LogP contribution in [0.4, 0.5) is 0 Å². The Kier molecular flexibility index (Phi) is 6.67. The van der Waals surface area contributed by atoms with Gasteiger partial charge >= 0.3 is 0 Å².